The van der Waals surface area contributed by atoms with E-state index >= 15 is 0 Å². The molecule has 27 heavy (non-hydrogen) atoms. The molecule has 0 aliphatic carbocycles. The third-order valence-electron chi connectivity index (χ3n) is 6.96. The molecule has 0 spiro atoms. The Labute approximate surface area is 166 Å². The van der Waals surface area contributed by atoms with Crippen molar-refractivity contribution in [1.29, 1.82) is 0 Å². The fourth-order valence-corrected chi connectivity index (χ4v) is 5.14. The Balaban J connectivity index is 1.31. The molecule has 1 amide bonds. The minimum Gasteiger partial charge on any atom is -0.376 e. The molecule has 5 heteroatoms. The zero-order valence-corrected chi connectivity index (χ0v) is 17.9. The molecule has 0 aromatic carbocycles. The van der Waals surface area contributed by atoms with Gasteiger partial charge in [0, 0.05) is 45.8 Å². The highest BCUT2D eigenvalue weighted by molar-refractivity contribution is 5.76. The number of nitrogens with zero attached hydrogens (tertiary/aromatic N) is 3. The molecule has 0 aromatic rings. The van der Waals surface area contributed by atoms with Crippen LogP contribution in [0.3, 0.4) is 0 Å². The number of piperazine rings is 1. The van der Waals surface area contributed by atoms with Crippen molar-refractivity contribution in [2.45, 2.75) is 64.9 Å². The fourth-order valence-electron chi connectivity index (χ4n) is 5.14. The predicted molar refractivity (Wildman–Crippen MR) is 110 cm³/mol. The zero-order chi connectivity index (χ0) is 19.3. The highest BCUT2D eigenvalue weighted by atomic mass is 16.5. The third kappa shape index (κ3) is 6.43. The minimum atomic E-state index is 0.0597. The summed E-state index contributed by atoms with van der Waals surface area (Å²) in [7, 11) is 0. The highest BCUT2D eigenvalue weighted by Gasteiger charge is 2.31. The molecule has 3 fully saturated rings. The largest absolute Gasteiger partial charge is 0.376 e. The highest BCUT2D eigenvalue weighted by Crippen LogP contribution is 2.30. The van der Waals surface area contributed by atoms with E-state index in [4.69, 9.17) is 4.74 Å². The normalized spacial score (nSPS) is 28.4. The van der Waals surface area contributed by atoms with Crippen LogP contribution in [0.1, 0.15) is 59.3 Å². The second kappa shape index (κ2) is 9.71. The Bertz CT molecular complexity index is 466. The Morgan fingerprint density at radius 3 is 2.30 bits per heavy atom. The summed E-state index contributed by atoms with van der Waals surface area (Å²) in [4.78, 5) is 19.7. The fraction of sp³-hybridized carbons (Fsp3) is 0.955. The molecular weight excluding hydrogens is 338 g/mol. The zero-order valence-electron chi connectivity index (χ0n) is 17.9. The van der Waals surface area contributed by atoms with Crippen molar-refractivity contribution in [3.63, 3.8) is 0 Å². The molecule has 0 saturated carbocycles. The quantitative estimate of drug-likeness (QED) is 0.711. The molecule has 3 saturated heterocycles. The number of likely N-dealkylation sites (N-methyl/N-ethyl adjacent to an activating group) is 1. The summed E-state index contributed by atoms with van der Waals surface area (Å²) in [6.45, 7) is 16.3. The second-order valence-corrected chi connectivity index (χ2v) is 9.56. The van der Waals surface area contributed by atoms with Gasteiger partial charge in [0.25, 0.3) is 0 Å². The molecule has 0 N–H and O–H groups in total. The van der Waals surface area contributed by atoms with Crippen LogP contribution in [0.25, 0.3) is 0 Å². The summed E-state index contributed by atoms with van der Waals surface area (Å²) in [6.07, 6.45) is 6.78. The summed E-state index contributed by atoms with van der Waals surface area (Å²) in [6, 6.07) is 0. The van der Waals surface area contributed by atoms with Crippen molar-refractivity contribution in [2.24, 2.45) is 11.8 Å². The van der Waals surface area contributed by atoms with Crippen LogP contribution in [0.5, 0.6) is 0 Å². The SMILES string of the molecule is CCN1CCN(C(=O)CCC2CCN(CC3CCOC(C)(C)C3)CC2)CC1. The van der Waals surface area contributed by atoms with E-state index in [1.54, 1.807) is 0 Å². The Kier molecular flexibility index (Phi) is 7.57. The van der Waals surface area contributed by atoms with Gasteiger partial charge in [-0.05, 0) is 77.4 Å². The summed E-state index contributed by atoms with van der Waals surface area (Å²) >= 11 is 0. The summed E-state index contributed by atoms with van der Waals surface area (Å²) in [5.41, 5.74) is 0.0597. The van der Waals surface area contributed by atoms with Gasteiger partial charge in [-0.25, -0.2) is 0 Å². The Hall–Kier alpha value is -0.650. The number of carbonyl (C=O) groups is 1. The second-order valence-electron chi connectivity index (χ2n) is 9.56. The van der Waals surface area contributed by atoms with Gasteiger partial charge in [0.05, 0.1) is 5.60 Å². The molecule has 5 nitrogen and oxygen atoms in total. The standard InChI is InChI=1S/C22H41N3O2/c1-4-23-12-14-25(15-13-23)21(26)6-5-19-7-10-24(11-8-19)18-20-9-16-27-22(2,3)17-20/h19-20H,4-18H2,1-3H3. The van der Waals surface area contributed by atoms with Gasteiger partial charge in [-0.3, -0.25) is 4.79 Å². The van der Waals surface area contributed by atoms with E-state index in [-0.39, 0.29) is 5.60 Å². The lowest BCUT2D eigenvalue weighted by atomic mass is 9.86. The maximum atomic E-state index is 12.5. The molecule has 1 unspecified atom stereocenters. The Morgan fingerprint density at radius 2 is 1.67 bits per heavy atom. The Morgan fingerprint density at radius 1 is 0.963 bits per heavy atom. The average Bonchev–Trinajstić information content (AvgIpc) is 2.66. The molecule has 0 bridgehead atoms. The number of likely N-dealkylation sites (tertiary alicyclic amines) is 1. The van der Waals surface area contributed by atoms with Crippen LogP contribution in [-0.4, -0.2) is 85.2 Å². The first-order valence-corrected chi connectivity index (χ1v) is 11.3. The van der Waals surface area contributed by atoms with Gasteiger partial charge in [0.2, 0.25) is 5.91 Å². The van der Waals surface area contributed by atoms with Crippen molar-refractivity contribution in [3.8, 4) is 0 Å². The van der Waals surface area contributed by atoms with Crippen LogP contribution in [0.4, 0.5) is 0 Å². The molecule has 3 rings (SSSR count). The van der Waals surface area contributed by atoms with Crippen LogP contribution in [0.2, 0.25) is 0 Å². The van der Waals surface area contributed by atoms with Crippen molar-refractivity contribution >= 4 is 5.91 Å². The topological polar surface area (TPSA) is 36.0 Å². The number of rotatable bonds is 6. The molecule has 0 aromatic heterocycles. The van der Waals surface area contributed by atoms with Crippen molar-refractivity contribution < 1.29 is 9.53 Å². The van der Waals surface area contributed by atoms with Crippen LogP contribution >= 0.6 is 0 Å². The minimum absolute atomic E-state index is 0.0597. The molecule has 1 atom stereocenters. The first kappa shape index (κ1) is 21.1. The molecule has 3 aliphatic rings. The van der Waals surface area contributed by atoms with Gasteiger partial charge in [0.1, 0.15) is 0 Å². The van der Waals surface area contributed by atoms with Crippen LogP contribution < -0.4 is 0 Å². The molecule has 3 heterocycles. The van der Waals surface area contributed by atoms with E-state index in [0.29, 0.717) is 5.91 Å². The van der Waals surface area contributed by atoms with Crippen LogP contribution in [0, 0.1) is 11.8 Å². The third-order valence-corrected chi connectivity index (χ3v) is 6.96. The summed E-state index contributed by atoms with van der Waals surface area (Å²) in [5.74, 6) is 1.92. The van der Waals surface area contributed by atoms with Gasteiger partial charge in [-0.15, -0.1) is 0 Å². The van der Waals surface area contributed by atoms with Crippen LogP contribution in [0.15, 0.2) is 0 Å². The molecular formula is C22H41N3O2. The lowest BCUT2D eigenvalue weighted by Crippen LogP contribution is -2.48. The number of piperidine rings is 1. The summed E-state index contributed by atoms with van der Waals surface area (Å²) in [5, 5.41) is 0. The van der Waals surface area contributed by atoms with E-state index in [1.165, 1.54) is 45.3 Å². The summed E-state index contributed by atoms with van der Waals surface area (Å²) < 4.78 is 5.86. The maximum Gasteiger partial charge on any atom is 0.222 e. The van der Waals surface area contributed by atoms with E-state index < -0.39 is 0 Å². The number of ether oxygens (including phenoxy) is 1. The van der Waals surface area contributed by atoms with Crippen LogP contribution in [-0.2, 0) is 9.53 Å². The monoisotopic (exact) mass is 379 g/mol. The molecule has 156 valence electrons. The van der Waals surface area contributed by atoms with Gasteiger partial charge < -0.3 is 19.4 Å². The van der Waals surface area contributed by atoms with E-state index in [9.17, 15) is 4.79 Å². The smallest absolute Gasteiger partial charge is 0.222 e. The van der Waals surface area contributed by atoms with Crippen molar-refractivity contribution in [3.05, 3.63) is 0 Å². The first-order chi connectivity index (χ1) is 12.9. The van der Waals surface area contributed by atoms with E-state index in [2.05, 4.69) is 35.5 Å². The maximum absolute atomic E-state index is 12.5. The van der Waals surface area contributed by atoms with Gasteiger partial charge in [-0.1, -0.05) is 6.92 Å². The first-order valence-electron chi connectivity index (χ1n) is 11.3. The van der Waals surface area contributed by atoms with Gasteiger partial charge >= 0.3 is 0 Å². The average molecular weight is 380 g/mol. The van der Waals surface area contributed by atoms with E-state index in [1.807, 2.05) is 0 Å². The lowest BCUT2D eigenvalue weighted by molar-refractivity contribution is -0.133. The number of hydrogen-bond acceptors (Lipinski definition) is 4. The van der Waals surface area contributed by atoms with Crippen molar-refractivity contribution in [2.75, 3.05) is 59.0 Å². The molecule has 3 aliphatic heterocycles. The van der Waals surface area contributed by atoms with Gasteiger partial charge in [-0.2, -0.15) is 0 Å². The lowest BCUT2D eigenvalue weighted by Gasteiger charge is -2.40. The van der Waals surface area contributed by atoms with E-state index in [0.717, 1.165) is 64.0 Å². The number of carbonyl (C=O) groups excluding carboxylic acids is 1. The van der Waals surface area contributed by atoms with Gasteiger partial charge in [0.15, 0.2) is 0 Å². The van der Waals surface area contributed by atoms with Crippen molar-refractivity contribution in [1.82, 2.24) is 14.7 Å². The molecule has 0 radical (unpaired) electrons. The number of amides is 1. The number of hydrogen-bond donors (Lipinski definition) is 0. The predicted octanol–water partition coefficient (Wildman–Crippen LogP) is 2.85.